The van der Waals surface area contributed by atoms with Gasteiger partial charge in [0.1, 0.15) is 0 Å². The van der Waals surface area contributed by atoms with E-state index in [-0.39, 0.29) is 6.61 Å². The molecule has 1 aliphatic heterocycles. The smallest absolute Gasteiger partial charge is 0.396 e. The molecule has 2 unspecified atom stereocenters. The van der Waals surface area contributed by atoms with Gasteiger partial charge < -0.3 is 5.11 Å². The van der Waals surface area contributed by atoms with Crippen LogP contribution in [0.5, 0.6) is 0 Å². The van der Waals surface area contributed by atoms with Crippen molar-refractivity contribution in [3.8, 4) is 0 Å². The molecule has 0 radical (unpaired) electrons. The summed E-state index contributed by atoms with van der Waals surface area (Å²) in [5, 5.41) is 9.07. The number of rotatable bonds is 3. The Kier molecular flexibility index (Phi) is 3.06. The Morgan fingerprint density at radius 3 is 2.16 bits per heavy atom. The number of likely N-dealkylation sites (tertiary alicyclic amines) is 1. The number of aliphatic hydroxyl groups is 1. The van der Waals surface area contributed by atoms with E-state index >= 15 is 0 Å². The summed E-state index contributed by atoms with van der Waals surface area (Å²) in [4.78, 5) is 2.25. The van der Waals surface area contributed by atoms with Crippen molar-refractivity contribution in [3.05, 3.63) is 35.4 Å². The standard InChI is InChI=1S/C14H16F3NO/c15-14(16,17)10-3-1-9(2-4-10)5-18-6-11-12(7-18)13(11)8-19/h1-4,11-13,19H,5-8H2. The second-order valence-electron chi connectivity index (χ2n) is 5.56. The van der Waals surface area contributed by atoms with Gasteiger partial charge in [-0.15, -0.1) is 0 Å². The molecule has 3 rings (SSSR count). The number of hydrogen-bond acceptors (Lipinski definition) is 2. The van der Waals surface area contributed by atoms with Crippen molar-refractivity contribution in [1.82, 2.24) is 4.90 Å². The fourth-order valence-electron chi connectivity index (χ4n) is 3.19. The van der Waals surface area contributed by atoms with Crippen molar-refractivity contribution < 1.29 is 18.3 Å². The van der Waals surface area contributed by atoms with Gasteiger partial charge in [0.2, 0.25) is 0 Å². The highest BCUT2D eigenvalue weighted by Crippen LogP contribution is 2.51. The van der Waals surface area contributed by atoms with Crippen molar-refractivity contribution in [2.75, 3.05) is 19.7 Å². The summed E-state index contributed by atoms with van der Waals surface area (Å²) >= 11 is 0. The Morgan fingerprint density at radius 1 is 1.11 bits per heavy atom. The number of fused-ring (bicyclic) bond motifs is 1. The molecule has 0 bridgehead atoms. The summed E-state index contributed by atoms with van der Waals surface area (Å²) < 4.78 is 37.3. The zero-order valence-corrected chi connectivity index (χ0v) is 10.4. The molecule has 104 valence electrons. The first-order valence-electron chi connectivity index (χ1n) is 6.48. The first-order chi connectivity index (χ1) is 8.99. The van der Waals surface area contributed by atoms with Crippen LogP contribution >= 0.6 is 0 Å². The lowest BCUT2D eigenvalue weighted by Gasteiger charge is -2.19. The molecule has 2 atom stereocenters. The van der Waals surface area contributed by atoms with Crippen LogP contribution in [0.3, 0.4) is 0 Å². The third-order valence-electron chi connectivity index (χ3n) is 4.35. The molecule has 19 heavy (non-hydrogen) atoms. The second-order valence-corrected chi connectivity index (χ2v) is 5.56. The fraction of sp³-hybridized carbons (Fsp3) is 0.571. The van der Waals surface area contributed by atoms with Crippen LogP contribution in [0, 0.1) is 17.8 Å². The molecule has 0 amide bonds. The molecule has 1 aromatic carbocycles. The number of hydrogen-bond donors (Lipinski definition) is 1. The van der Waals surface area contributed by atoms with Crippen LogP contribution < -0.4 is 0 Å². The van der Waals surface area contributed by atoms with Gasteiger partial charge in [0.25, 0.3) is 0 Å². The zero-order valence-electron chi connectivity index (χ0n) is 10.4. The zero-order chi connectivity index (χ0) is 13.6. The van der Waals surface area contributed by atoms with Gasteiger partial charge in [0.05, 0.1) is 5.56 Å². The van der Waals surface area contributed by atoms with Crippen LogP contribution in [-0.4, -0.2) is 29.7 Å². The van der Waals surface area contributed by atoms with E-state index < -0.39 is 11.7 Å². The maximum Gasteiger partial charge on any atom is 0.416 e. The van der Waals surface area contributed by atoms with E-state index in [1.807, 2.05) is 0 Å². The first kappa shape index (κ1) is 12.9. The monoisotopic (exact) mass is 271 g/mol. The van der Waals surface area contributed by atoms with Crippen LogP contribution in [0.1, 0.15) is 11.1 Å². The molecular formula is C14H16F3NO. The Morgan fingerprint density at radius 2 is 1.68 bits per heavy atom. The highest BCUT2D eigenvalue weighted by Gasteiger charge is 2.54. The van der Waals surface area contributed by atoms with E-state index in [2.05, 4.69) is 4.90 Å². The number of nitrogens with zero attached hydrogens (tertiary/aromatic N) is 1. The molecule has 1 heterocycles. The normalized spacial score (nSPS) is 30.4. The van der Waals surface area contributed by atoms with Gasteiger partial charge in [-0.2, -0.15) is 13.2 Å². The van der Waals surface area contributed by atoms with Gasteiger partial charge in [-0.05, 0) is 35.4 Å². The van der Waals surface area contributed by atoms with E-state index in [4.69, 9.17) is 5.11 Å². The third kappa shape index (κ3) is 2.49. The Hall–Kier alpha value is -1.07. The number of piperidine rings is 1. The van der Waals surface area contributed by atoms with Crippen LogP contribution in [0.4, 0.5) is 13.2 Å². The molecule has 1 N–H and O–H groups in total. The van der Waals surface area contributed by atoms with Crippen molar-refractivity contribution >= 4 is 0 Å². The van der Waals surface area contributed by atoms with Gasteiger partial charge in [-0.25, -0.2) is 0 Å². The number of benzene rings is 1. The van der Waals surface area contributed by atoms with Crippen molar-refractivity contribution in [2.45, 2.75) is 12.7 Å². The lowest BCUT2D eigenvalue weighted by atomic mass is 10.1. The minimum absolute atomic E-state index is 0.267. The van der Waals surface area contributed by atoms with Gasteiger partial charge >= 0.3 is 6.18 Å². The highest BCUT2D eigenvalue weighted by atomic mass is 19.4. The molecular weight excluding hydrogens is 255 g/mol. The highest BCUT2D eigenvalue weighted by molar-refractivity contribution is 5.24. The molecule has 2 aliphatic rings. The van der Waals surface area contributed by atoms with Crippen LogP contribution in [0.2, 0.25) is 0 Å². The van der Waals surface area contributed by atoms with Gasteiger partial charge in [-0.3, -0.25) is 4.90 Å². The third-order valence-corrected chi connectivity index (χ3v) is 4.35. The molecule has 0 spiro atoms. The van der Waals surface area contributed by atoms with Gasteiger partial charge in [0.15, 0.2) is 0 Å². The largest absolute Gasteiger partial charge is 0.416 e. The lowest BCUT2D eigenvalue weighted by molar-refractivity contribution is -0.137. The fourth-order valence-corrected chi connectivity index (χ4v) is 3.19. The summed E-state index contributed by atoms with van der Waals surface area (Å²) in [6.45, 7) is 2.88. The Labute approximate surface area is 109 Å². The van der Waals surface area contributed by atoms with E-state index in [0.717, 1.165) is 30.8 Å². The molecule has 1 aliphatic carbocycles. The van der Waals surface area contributed by atoms with Gasteiger partial charge in [-0.1, -0.05) is 12.1 Å². The van der Waals surface area contributed by atoms with Gasteiger partial charge in [0, 0.05) is 26.2 Å². The van der Waals surface area contributed by atoms with Crippen molar-refractivity contribution in [2.24, 2.45) is 17.8 Å². The van der Waals surface area contributed by atoms with Crippen molar-refractivity contribution in [3.63, 3.8) is 0 Å². The quantitative estimate of drug-likeness (QED) is 0.912. The maximum absolute atomic E-state index is 12.4. The molecule has 2 fully saturated rings. The predicted molar refractivity (Wildman–Crippen MR) is 64.3 cm³/mol. The van der Waals surface area contributed by atoms with Crippen LogP contribution in [0.25, 0.3) is 0 Å². The Bertz CT molecular complexity index is 445. The van der Waals surface area contributed by atoms with Crippen LogP contribution in [-0.2, 0) is 12.7 Å². The topological polar surface area (TPSA) is 23.5 Å². The summed E-state index contributed by atoms with van der Waals surface area (Å²) in [6.07, 6.45) is -4.26. The molecule has 0 aromatic heterocycles. The van der Waals surface area contributed by atoms with E-state index in [0.29, 0.717) is 24.3 Å². The summed E-state index contributed by atoms with van der Waals surface area (Å²) in [7, 11) is 0. The van der Waals surface area contributed by atoms with Crippen LogP contribution in [0.15, 0.2) is 24.3 Å². The van der Waals surface area contributed by atoms with E-state index in [9.17, 15) is 13.2 Å². The minimum atomic E-state index is -4.26. The minimum Gasteiger partial charge on any atom is -0.396 e. The summed E-state index contributed by atoms with van der Waals surface area (Å²) in [5.41, 5.74) is 0.315. The number of halogens is 3. The molecule has 2 nitrogen and oxygen atoms in total. The molecule has 1 saturated heterocycles. The molecule has 1 aromatic rings. The lowest BCUT2D eigenvalue weighted by Crippen LogP contribution is -2.24. The van der Waals surface area contributed by atoms with Crippen molar-refractivity contribution in [1.29, 1.82) is 0 Å². The SMILES string of the molecule is OCC1C2CN(Cc3ccc(C(F)(F)F)cc3)CC12. The molecule has 1 saturated carbocycles. The second kappa shape index (κ2) is 4.49. The number of aliphatic hydroxyl groups excluding tert-OH is 1. The van der Waals surface area contributed by atoms with E-state index in [1.165, 1.54) is 0 Å². The maximum atomic E-state index is 12.4. The predicted octanol–water partition coefficient (Wildman–Crippen LogP) is 2.38. The Balaban J connectivity index is 1.57. The average molecular weight is 271 g/mol. The summed E-state index contributed by atoms with van der Waals surface area (Å²) in [6, 6.07) is 5.39. The average Bonchev–Trinajstić information content (AvgIpc) is 2.83. The first-order valence-corrected chi connectivity index (χ1v) is 6.48. The number of alkyl halides is 3. The van der Waals surface area contributed by atoms with E-state index in [1.54, 1.807) is 12.1 Å². The molecule has 5 heteroatoms. The summed E-state index contributed by atoms with van der Waals surface area (Å²) in [5.74, 6) is 1.66.